The number of nitrogens with zero attached hydrogens (tertiary/aromatic N) is 2. The van der Waals surface area contributed by atoms with Gasteiger partial charge in [-0.25, -0.2) is 4.98 Å². The van der Waals surface area contributed by atoms with Gasteiger partial charge in [0.2, 0.25) is 0 Å². The molecular weight excluding hydrogens is 404 g/mol. The molecule has 1 heterocycles. The van der Waals surface area contributed by atoms with Gasteiger partial charge >= 0.3 is 0 Å². The van der Waals surface area contributed by atoms with E-state index in [0.717, 1.165) is 11.4 Å². The monoisotopic (exact) mass is 428 g/mol. The SMILES string of the molecule is CCN(Cc1nc2ccccc2c(=O)[nH]1)C(=O)c1ccccc1Nc1ccc(OC)cc1. The minimum atomic E-state index is -0.212. The summed E-state index contributed by atoms with van der Waals surface area (Å²) in [7, 11) is 1.62. The summed E-state index contributed by atoms with van der Waals surface area (Å²) in [6, 6.07) is 22.0. The summed E-state index contributed by atoms with van der Waals surface area (Å²) in [4.78, 5) is 34.8. The molecule has 32 heavy (non-hydrogen) atoms. The molecule has 4 aromatic rings. The van der Waals surface area contributed by atoms with E-state index < -0.39 is 0 Å². The minimum Gasteiger partial charge on any atom is -0.497 e. The molecule has 0 radical (unpaired) electrons. The second-order valence-corrected chi connectivity index (χ2v) is 7.25. The number of benzene rings is 3. The molecule has 3 aromatic carbocycles. The van der Waals surface area contributed by atoms with Gasteiger partial charge in [-0.2, -0.15) is 0 Å². The van der Waals surface area contributed by atoms with Gasteiger partial charge in [0.05, 0.1) is 35.8 Å². The summed E-state index contributed by atoms with van der Waals surface area (Å²) in [5.74, 6) is 1.05. The van der Waals surface area contributed by atoms with Gasteiger partial charge in [-0.15, -0.1) is 0 Å². The van der Waals surface area contributed by atoms with Gasteiger partial charge in [-0.05, 0) is 55.5 Å². The van der Waals surface area contributed by atoms with Crippen LogP contribution in [0.4, 0.5) is 11.4 Å². The van der Waals surface area contributed by atoms with Gasteiger partial charge in [0.15, 0.2) is 0 Å². The average Bonchev–Trinajstić information content (AvgIpc) is 2.83. The lowest BCUT2D eigenvalue weighted by Crippen LogP contribution is -2.32. The van der Waals surface area contributed by atoms with Crippen LogP contribution >= 0.6 is 0 Å². The van der Waals surface area contributed by atoms with Gasteiger partial charge in [0, 0.05) is 12.2 Å². The quantitative estimate of drug-likeness (QED) is 0.457. The number of H-pyrrole nitrogens is 1. The predicted octanol–water partition coefficient (Wildman–Crippen LogP) is 4.34. The highest BCUT2D eigenvalue weighted by molar-refractivity contribution is 6.00. The van der Waals surface area contributed by atoms with E-state index in [1.54, 1.807) is 36.3 Å². The number of aromatic amines is 1. The van der Waals surface area contributed by atoms with Crippen molar-refractivity contribution in [1.82, 2.24) is 14.9 Å². The van der Waals surface area contributed by atoms with Crippen LogP contribution in [0.15, 0.2) is 77.6 Å². The summed E-state index contributed by atoms with van der Waals surface area (Å²) in [5.41, 5.74) is 2.47. The summed E-state index contributed by atoms with van der Waals surface area (Å²) in [6.07, 6.45) is 0. The minimum absolute atomic E-state index is 0.153. The van der Waals surface area contributed by atoms with Crippen molar-refractivity contribution in [1.29, 1.82) is 0 Å². The molecule has 0 aliphatic rings. The van der Waals surface area contributed by atoms with Crippen LogP contribution in [0.1, 0.15) is 23.1 Å². The molecule has 1 aromatic heterocycles. The molecule has 7 heteroatoms. The van der Waals surface area contributed by atoms with Crippen LogP contribution in [-0.4, -0.2) is 34.4 Å². The number of methoxy groups -OCH3 is 1. The highest BCUT2D eigenvalue weighted by atomic mass is 16.5. The van der Waals surface area contributed by atoms with E-state index in [0.29, 0.717) is 34.5 Å². The molecule has 1 amide bonds. The Kier molecular flexibility index (Phi) is 6.17. The third kappa shape index (κ3) is 4.46. The van der Waals surface area contributed by atoms with Crippen LogP contribution in [0.25, 0.3) is 10.9 Å². The number of ether oxygens (including phenoxy) is 1. The first-order chi connectivity index (χ1) is 15.6. The number of fused-ring (bicyclic) bond motifs is 1. The summed E-state index contributed by atoms with van der Waals surface area (Å²) < 4.78 is 5.20. The Morgan fingerprint density at radius 1 is 1.03 bits per heavy atom. The van der Waals surface area contributed by atoms with E-state index in [9.17, 15) is 9.59 Å². The predicted molar refractivity (Wildman–Crippen MR) is 125 cm³/mol. The van der Waals surface area contributed by atoms with Gasteiger partial charge in [-0.3, -0.25) is 9.59 Å². The van der Waals surface area contributed by atoms with Crippen molar-refractivity contribution in [3.8, 4) is 5.75 Å². The van der Waals surface area contributed by atoms with Crippen LogP contribution < -0.4 is 15.6 Å². The molecular formula is C25H24N4O3. The normalized spacial score (nSPS) is 10.7. The number of rotatable bonds is 7. The number of para-hydroxylation sites is 2. The Balaban J connectivity index is 1.59. The lowest BCUT2D eigenvalue weighted by Gasteiger charge is -2.22. The third-order valence-electron chi connectivity index (χ3n) is 5.20. The average molecular weight is 428 g/mol. The number of amides is 1. The topological polar surface area (TPSA) is 87.3 Å². The fourth-order valence-electron chi connectivity index (χ4n) is 3.50. The maximum absolute atomic E-state index is 13.4. The molecule has 7 nitrogen and oxygen atoms in total. The maximum Gasteiger partial charge on any atom is 0.258 e. The zero-order valence-electron chi connectivity index (χ0n) is 18.0. The van der Waals surface area contributed by atoms with E-state index in [2.05, 4.69) is 15.3 Å². The number of hydrogen-bond donors (Lipinski definition) is 2. The van der Waals surface area contributed by atoms with E-state index in [1.165, 1.54) is 0 Å². The van der Waals surface area contributed by atoms with Gasteiger partial charge in [-0.1, -0.05) is 24.3 Å². The number of anilines is 2. The fraction of sp³-hybridized carbons (Fsp3) is 0.160. The molecule has 0 unspecified atom stereocenters. The van der Waals surface area contributed by atoms with Crippen molar-refractivity contribution in [3.05, 3.63) is 94.5 Å². The van der Waals surface area contributed by atoms with Crippen LogP contribution in [-0.2, 0) is 6.54 Å². The van der Waals surface area contributed by atoms with Crippen molar-refractivity contribution in [2.45, 2.75) is 13.5 Å². The Bertz CT molecular complexity index is 1300. The first-order valence-electron chi connectivity index (χ1n) is 10.4. The van der Waals surface area contributed by atoms with Crippen molar-refractivity contribution in [2.24, 2.45) is 0 Å². The standard InChI is InChI=1S/C25H24N4O3/c1-3-29(16-23-27-21-10-6-4-8-19(21)24(30)28-23)25(31)20-9-5-7-11-22(20)26-17-12-14-18(32-2)15-13-17/h4-15,26H,3,16H2,1-2H3,(H,27,28,30). The lowest BCUT2D eigenvalue weighted by molar-refractivity contribution is 0.0749. The molecule has 0 fully saturated rings. The number of carbonyl (C=O) groups excluding carboxylic acids is 1. The zero-order valence-corrected chi connectivity index (χ0v) is 18.0. The summed E-state index contributed by atoms with van der Waals surface area (Å²) >= 11 is 0. The van der Waals surface area contributed by atoms with E-state index >= 15 is 0 Å². The molecule has 0 bridgehead atoms. The van der Waals surface area contributed by atoms with Crippen LogP contribution in [0, 0.1) is 0 Å². The highest BCUT2D eigenvalue weighted by Crippen LogP contribution is 2.24. The van der Waals surface area contributed by atoms with E-state index in [1.807, 2.05) is 55.5 Å². The summed E-state index contributed by atoms with van der Waals surface area (Å²) in [5, 5.41) is 3.83. The lowest BCUT2D eigenvalue weighted by atomic mass is 10.1. The molecule has 0 aliphatic heterocycles. The molecule has 162 valence electrons. The Morgan fingerprint density at radius 3 is 2.50 bits per heavy atom. The first-order valence-corrected chi connectivity index (χ1v) is 10.4. The fourth-order valence-corrected chi connectivity index (χ4v) is 3.50. The molecule has 2 N–H and O–H groups in total. The smallest absolute Gasteiger partial charge is 0.258 e. The second kappa shape index (κ2) is 9.34. The summed E-state index contributed by atoms with van der Waals surface area (Å²) in [6.45, 7) is 2.56. The molecule has 0 aliphatic carbocycles. The van der Waals surface area contributed by atoms with E-state index in [4.69, 9.17) is 4.74 Å². The molecule has 0 saturated carbocycles. The van der Waals surface area contributed by atoms with Crippen molar-refractivity contribution in [3.63, 3.8) is 0 Å². The Hall–Kier alpha value is -4.13. The maximum atomic E-state index is 13.4. The van der Waals surface area contributed by atoms with Crippen molar-refractivity contribution < 1.29 is 9.53 Å². The number of carbonyl (C=O) groups is 1. The third-order valence-corrected chi connectivity index (χ3v) is 5.20. The van der Waals surface area contributed by atoms with E-state index in [-0.39, 0.29) is 18.0 Å². The molecule has 0 spiro atoms. The van der Waals surface area contributed by atoms with Crippen molar-refractivity contribution >= 4 is 28.2 Å². The van der Waals surface area contributed by atoms with Crippen molar-refractivity contribution in [2.75, 3.05) is 19.0 Å². The van der Waals surface area contributed by atoms with Gasteiger partial charge in [0.1, 0.15) is 11.6 Å². The molecule has 4 rings (SSSR count). The largest absolute Gasteiger partial charge is 0.497 e. The van der Waals surface area contributed by atoms with Crippen LogP contribution in [0.2, 0.25) is 0 Å². The number of aromatic nitrogens is 2. The number of nitrogens with one attached hydrogen (secondary N) is 2. The molecule has 0 atom stereocenters. The van der Waals surface area contributed by atoms with Gasteiger partial charge < -0.3 is 19.9 Å². The van der Waals surface area contributed by atoms with Gasteiger partial charge in [0.25, 0.3) is 11.5 Å². The zero-order chi connectivity index (χ0) is 22.5. The number of hydrogen-bond acceptors (Lipinski definition) is 5. The second-order valence-electron chi connectivity index (χ2n) is 7.25. The first kappa shape index (κ1) is 21.1. The molecule has 0 saturated heterocycles. The van der Waals surface area contributed by atoms with Crippen LogP contribution in [0.3, 0.4) is 0 Å². The highest BCUT2D eigenvalue weighted by Gasteiger charge is 2.19. The Labute approximate surface area is 185 Å². The Morgan fingerprint density at radius 2 is 1.75 bits per heavy atom. The van der Waals surface area contributed by atoms with Crippen LogP contribution in [0.5, 0.6) is 5.75 Å².